The molecule has 5 heteroatoms. The van der Waals surface area contributed by atoms with E-state index in [-0.39, 0.29) is 16.8 Å². The van der Waals surface area contributed by atoms with Crippen molar-refractivity contribution in [1.82, 2.24) is 14.5 Å². The minimum Gasteiger partial charge on any atom is -0.301 e. The molecule has 0 amide bonds. The van der Waals surface area contributed by atoms with Crippen molar-refractivity contribution in [3.05, 3.63) is 39.8 Å². The molecule has 3 atom stereocenters. The Morgan fingerprint density at radius 1 is 1.07 bits per heavy atom. The van der Waals surface area contributed by atoms with E-state index in [1.807, 2.05) is 28.8 Å². The van der Waals surface area contributed by atoms with Gasteiger partial charge in [-0.05, 0) is 58.1 Å². The number of likely N-dealkylation sites (tertiary alicyclic amines) is 1. The van der Waals surface area contributed by atoms with E-state index in [1.165, 1.54) is 57.8 Å². The Hall–Kier alpha value is -1.39. The van der Waals surface area contributed by atoms with E-state index in [2.05, 4.69) is 23.7 Å². The van der Waals surface area contributed by atoms with Crippen LogP contribution < -0.4 is 5.56 Å². The molecule has 1 aliphatic heterocycles. The quantitative estimate of drug-likeness (QED) is 0.617. The average Bonchev–Trinajstić information content (AvgIpc) is 3.03. The number of hydrogen-bond donors (Lipinski definition) is 0. The third kappa shape index (κ3) is 4.39. The van der Waals surface area contributed by atoms with Gasteiger partial charge < -0.3 is 4.57 Å². The normalized spacial score (nSPS) is 25.8. The molecule has 0 bridgehead atoms. The van der Waals surface area contributed by atoms with Gasteiger partial charge in [0.25, 0.3) is 5.56 Å². The van der Waals surface area contributed by atoms with Crippen LogP contribution in [0.25, 0.3) is 11.0 Å². The molecule has 1 saturated heterocycles. The van der Waals surface area contributed by atoms with Gasteiger partial charge in [-0.15, -0.1) is 0 Å². The zero-order valence-corrected chi connectivity index (χ0v) is 18.6. The Kier molecular flexibility index (Phi) is 6.60. The zero-order valence-electron chi connectivity index (χ0n) is 17.8. The van der Waals surface area contributed by atoms with Crippen molar-refractivity contribution in [1.29, 1.82) is 0 Å². The van der Waals surface area contributed by atoms with Crippen LogP contribution in [0, 0.1) is 0 Å². The molecule has 1 aromatic carbocycles. The number of aromatic nitrogens is 2. The number of benzene rings is 1. The van der Waals surface area contributed by atoms with Crippen LogP contribution in [0.3, 0.4) is 0 Å². The van der Waals surface area contributed by atoms with E-state index >= 15 is 0 Å². The van der Waals surface area contributed by atoms with Gasteiger partial charge >= 0.3 is 0 Å². The van der Waals surface area contributed by atoms with Crippen molar-refractivity contribution in [2.24, 2.45) is 0 Å². The lowest BCUT2D eigenvalue weighted by Crippen LogP contribution is -2.44. The van der Waals surface area contributed by atoms with Crippen molar-refractivity contribution in [2.75, 3.05) is 0 Å². The molecule has 2 aliphatic rings. The third-order valence-electron chi connectivity index (χ3n) is 7.15. The third-order valence-corrected chi connectivity index (χ3v) is 7.40. The molecular weight excluding hydrogens is 382 g/mol. The maximum absolute atomic E-state index is 12.9. The van der Waals surface area contributed by atoms with E-state index < -0.39 is 0 Å². The summed E-state index contributed by atoms with van der Waals surface area (Å²) >= 11 is 6.21. The Bertz CT molecular complexity index is 887. The predicted molar refractivity (Wildman–Crippen MR) is 121 cm³/mol. The molecule has 0 radical (unpaired) electrons. The van der Waals surface area contributed by atoms with Crippen molar-refractivity contribution < 1.29 is 0 Å². The number of fused-ring (bicyclic) bond motifs is 1. The van der Waals surface area contributed by atoms with E-state index in [0.717, 1.165) is 17.5 Å². The molecule has 2 fully saturated rings. The fraction of sp³-hybridized carbons (Fsp3) is 0.667. The summed E-state index contributed by atoms with van der Waals surface area (Å²) in [4.78, 5) is 20.0. The van der Waals surface area contributed by atoms with Crippen LogP contribution in [0.5, 0.6) is 0 Å². The minimum absolute atomic E-state index is 0.0761. The van der Waals surface area contributed by atoms with E-state index in [0.29, 0.717) is 18.1 Å². The number of rotatable bonds is 4. The fourth-order valence-corrected chi connectivity index (χ4v) is 5.97. The number of hydrogen-bond acceptors (Lipinski definition) is 3. The Morgan fingerprint density at radius 3 is 2.52 bits per heavy atom. The standard InChI is InChI=1S/C24H34ClN3O/c1-17-14-15-20(27(17)19-10-6-4-3-5-7-11-19)16-18(2)28-22-13-9-8-12-21(22)26-23(25)24(28)29/h8-9,12-13,17-20H,3-7,10-11,14-16H2,1-2H3/t17?,18-,20-/m0/s1. The first kappa shape index (κ1) is 20.9. The van der Waals surface area contributed by atoms with Crippen molar-refractivity contribution >= 4 is 22.6 Å². The van der Waals surface area contributed by atoms with Crippen LogP contribution >= 0.6 is 11.6 Å². The molecule has 1 aliphatic carbocycles. The molecule has 1 aromatic heterocycles. The van der Waals surface area contributed by atoms with E-state index in [4.69, 9.17) is 11.6 Å². The minimum atomic E-state index is -0.165. The fourth-order valence-electron chi connectivity index (χ4n) is 5.78. The topological polar surface area (TPSA) is 38.1 Å². The molecule has 0 spiro atoms. The van der Waals surface area contributed by atoms with Crippen LogP contribution in [0.2, 0.25) is 5.15 Å². The van der Waals surface area contributed by atoms with Gasteiger partial charge in [-0.3, -0.25) is 9.69 Å². The first-order chi connectivity index (χ1) is 14.1. The lowest BCUT2D eigenvalue weighted by atomic mass is 9.94. The first-order valence-electron chi connectivity index (χ1n) is 11.5. The maximum atomic E-state index is 12.9. The monoisotopic (exact) mass is 415 g/mol. The van der Waals surface area contributed by atoms with Gasteiger partial charge in [0.15, 0.2) is 5.15 Å². The van der Waals surface area contributed by atoms with Crippen LogP contribution in [0.4, 0.5) is 0 Å². The van der Waals surface area contributed by atoms with Gasteiger partial charge in [0.05, 0.1) is 11.0 Å². The van der Waals surface area contributed by atoms with Gasteiger partial charge in [0, 0.05) is 24.2 Å². The average molecular weight is 416 g/mol. The van der Waals surface area contributed by atoms with Gasteiger partial charge in [-0.1, -0.05) is 55.8 Å². The molecule has 2 heterocycles. The Labute approximate surface area is 179 Å². The second kappa shape index (κ2) is 9.18. The summed E-state index contributed by atoms with van der Waals surface area (Å²) in [5, 5.41) is 0.0761. The summed E-state index contributed by atoms with van der Waals surface area (Å²) in [6.45, 7) is 4.57. The SMILES string of the molecule is CC1CC[C@@H](C[C@H](C)n2c(=O)c(Cl)nc3ccccc32)N1C1CCCCCCC1. The van der Waals surface area contributed by atoms with Crippen LogP contribution in [0.15, 0.2) is 29.1 Å². The highest BCUT2D eigenvalue weighted by Crippen LogP contribution is 2.35. The molecule has 4 nitrogen and oxygen atoms in total. The van der Waals surface area contributed by atoms with E-state index in [1.54, 1.807) is 0 Å². The largest absolute Gasteiger partial charge is 0.301 e. The first-order valence-corrected chi connectivity index (χ1v) is 11.9. The molecule has 29 heavy (non-hydrogen) atoms. The second-order valence-corrected chi connectivity index (χ2v) is 9.54. The molecule has 158 valence electrons. The summed E-state index contributed by atoms with van der Waals surface area (Å²) in [6, 6.07) is 9.83. The molecular formula is C24H34ClN3O. The van der Waals surface area contributed by atoms with Crippen molar-refractivity contribution in [3.8, 4) is 0 Å². The summed E-state index contributed by atoms with van der Waals surface area (Å²) in [5.74, 6) is 0. The van der Waals surface area contributed by atoms with Crippen LogP contribution in [-0.2, 0) is 0 Å². The number of nitrogens with zero attached hydrogens (tertiary/aromatic N) is 3. The lowest BCUT2D eigenvalue weighted by molar-refractivity contribution is 0.101. The molecule has 4 rings (SSSR count). The van der Waals surface area contributed by atoms with Crippen molar-refractivity contribution in [2.45, 2.75) is 102 Å². The summed E-state index contributed by atoms with van der Waals surface area (Å²) in [6.07, 6.45) is 13.0. The smallest absolute Gasteiger partial charge is 0.288 e. The highest BCUT2D eigenvalue weighted by molar-refractivity contribution is 6.29. The van der Waals surface area contributed by atoms with Gasteiger partial charge in [0.2, 0.25) is 0 Å². The summed E-state index contributed by atoms with van der Waals surface area (Å²) in [7, 11) is 0. The van der Waals surface area contributed by atoms with Crippen LogP contribution in [-0.4, -0.2) is 32.6 Å². The second-order valence-electron chi connectivity index (χ2n) is 9.18. The van der Waals surface area contributed by atoms with Gasteiger partial charge in [0.1, 0.15) is 0 Å². The number of para-hydroxylation sites is 2. The zero-order chi connectivity index (χ0) is 20.4. The Morgan fingerprint density at radius 2 is 1.76 bits per heavy atom. The molecule has 1 unspecified atom stereocenters. The summed E-state index contributed by atoms with van der Waals surface area (Å²) in [5.41, 5.74) is 1.51. The highest BCUT2D eigenvalue weighted by atomic mass is 35.5. The van der Waals surface area contributed by atoms with Gasteiger partial charge in [-0.2, -0.15) is 0 Å². The Balaban J connectivity index is 1.59. The maximum Gasteiger partial charge on any atom is 0.288 e. The highest BCUT2D eigenvalue weighted by Gasteiger charge is 2.36. The lowest BCUT2D eigenvalue weighted by Gasteiger charge is -2.38. The predicted octanol–water partition coefficient (Wildman–Crippen LogP) is 5.97. The van der Waals surface area contributed by atoms with Crippen LogP contribution in [0.1, 0.15) is 84.1 Å². The van der Waals surface area contributed by atoms with Gasteiger partial charge in [-0.25, -0.2) is 4.98 Å². The molecule has 2 aromatic rings. The number of halogens is 1. The van der Waals surface area contributed by atoms with E-state index in [9.17, 15) is 4.79 Å². The van der Waals surface area contributed by atoms with Crippen molar-refractivity contribution in [3.63, 3.8) is 0 Å². The molecule has 0 N–H and O–H groups in total. The molecule has 1 saturated carbocycles. The summed E-state index contributed by atoms with van der Waals surface area (Å²) < 4.78 is 1.88.